The fraction of sp³-hybridized carbons (Fsp3) is 0.500. The number of hydrogen-bond donors (Lipinski definition) is 0. The van der Waals surface area contributed by atoms with Crippen molar-refractivity contribution in [1.82, 2.24) is 0 Å². The van der Waals surface area contributed by atoms with Crippen LogP contribution in [0.3, 0.4) is 0 Å². The van der Waals surface area contributed by atoms with Crippen LogP contribution >= 0.6 is 31.0 Å². The van der Waals surface area contributed by atoms with Crippen molar-refractivity contribution in [2.75, 3.05) is 13.2 Å². The zero-order chi connectivity index (χ0) is 21.4. The van der Waals surface area contributed by atoms with Gasteiger partial charge in [-0.05, 0) is 61.9 Å². The lowest BCUT2D eigenvalue weighted by Crippen LogP contribution is -2.17. The number of rotatable bonds is 11. The topological polar surface area (TPSA) is 61.8 Å². The molecule has 10 heteroatoms. The molecule has 0 amide bonds. The molecule has 0 heterocycles. The molecule has 0 unspecified atom stereocenters. The predicted molar refractivity (Wildman–Crippen MR) is 109 cm³/mol. The van der Waals surface area contributed by atoms with E-state index in [9.17, 15) is 18.1 Å². The summed E-state index contributed by atoms with van der Waals surface area (Å²) >= 11 is 6.46. The minimum Gasteiger partial charge on any atom is -0.427 e. The molecule has 28 heavy (non-hydrogen) atoms. The predicted octanol–water partition coefficient (Wildman–Crippen LogP) is 6.87. The molecule has 0 atom stereocenters. The minimum absolute atomic E-state index is 0.0921. The van der Waals surface area contributed by atoms with E-state index in [1.54, 1.807) is 12.1 Å². The lowest BCUT2D eigenvalue weighted by Gasteiger charge is -2.26. The Labute approximate surface area is 173 Å². The first-order valence-corrected chi connectivity index (χ1v) is 11.5. The molecule has 0 aliphatic heterocycles. The number of allylic oxidation sites excluding steroid dienone is 1. The molecule has 158 valence electrons. The summed E-state index contributed by atoms with van der Waals surface area (Å²) in [6.45, 7) is 5.67. The van der Waals surface area contributed by atoms with E-state index < -0.39 is 18.6 Å². The summed E-state index contributed by atoms with van der Waals surface area (Å²) in [5, 5.41) is 0.0976. The third-order valence-corrected chi connectivity index (χ3v) is 7.49. The number of benzene rings is 1. The van der Waals surface area contributed by atoms with Gasteiger partial charge in [-0.1, -0.05) is 24.9 Å². The number of halogens is 3. The first-order chi connectivity index (χ1) is 13.1. The average molecular weight is 457 g/mol. The molecule has 0 saturated heterocycles. The molecule has 0 spiro atoms. The largest absolute Gasteiger partial charge is 0.427 e. The number of thioether (sulfide) groups is 1. The molecule has 0 bridgehead atoms. The van der Waals surface area contributed by atoms with Gasteiger partial charge in [-0.3, -0.25) is 9.36 Å². The summed E-state index contributed by atoms with van der Waals surface area (Å²) < 4.78 is 56.7. The third-order valence-electron chi connectivity index (χ3n) is 3.25. The second-order valence-corrected chi connectivity index (χ2v) is 9.49. The maximum atomic E-state index is 14.8. The first kappa shape index (κ1) is 25.1. The van der Waals surface area contributed by atoms with Gasteiger partial charge in [-0.25, -0.2) is 0 Å². The van der Waals surface area contributed by atoms with E-state index in [1.807, 2.05) is 6.92 Å². The fourth-order valence-corrected chi connectivity index (χ4v) is 5.46. The van der Waals surface area contributed by atoms with Crippen molar-refractivity contribution in [2.45, 2.75) is 45.5 Å². The summed E-state index contributed by atoms with van der Waals surface area (Å²) in [6.07, 6.45) is 0.802. The molecule has 1 aromatic carbocycles. The molecule has 1 rings (SSSR count). The number of carbonyl (C=O) groups excluding carboxylic acids is 1. The van der Waals surface area contributed by atoms with E-state index in [0.29, 0.717) is 17.7 Å². The van der Waals surface area contributed by atoms with E-state index in [2.05, 4.69) is 0 Å². The maximum Gasteiger partial charge on any atom is 0.410 e. The number of carbonyl (C=O) groups is 1. The van der Waals surface area contributed by atoms with E-state index in [-0.39, 0.29) is 41.3 Å². The highest BCUT2D eigenvalue weighted by molar-refractivity contribution is 8.09. The van der Waals surface area contributed by atoms with Crippen LogP contribution in [0.15, 0.2) is 29.2 Å². The van der Waals surface area contributed by atoms with E-state index in [0.717, 1.165) is 0 Å². The maximum absolute atomic E-state index is 14.8. The van der Waals surface area contributed by atoms with Crippen molar-refractivity contribution in [3.8, 4) is 5.75 Å². The molecule has 0 aliphatic carbocycles. The molecule has 0 aliphatic rings. The van der Waals surface area contributed by atoms with Crippen LogP contribution in [0.2, 0.25) is 0 Å². The van der Waals surface area contributed by atoms with Crippen molar-refractivity contribution in [1.29, 1.82) is 0 Å². The lowest BCUT2D eigenvalue weighted by atomic mass is 10.1. The van der Waals surface area contributed by atoms with Crippen LogP contribution in [0.4, 0.5) is 8.78 Å². The fourth-order valence-electron chi connectivity index (χ4n) is 2.16. The van der Waals surface area contributed by atoms with Crippen LogP contribution in [0.5, 0.6) is 5.75 Å². The molecule has 0 saturated carbocycles. The molecular formula is C18H24ClF2O5PS. The third kappa shape index (κ3) is 6.85. The van der Waals surface area contributed by atoms with Gasteiger partial charge in [0.15, 0.2) is 0 Å². The van der Waals surface area contributed by atoms with Crippen molar-refractivity contribution in [3.63, 3.8) is 0 Å². The quantitative estimate of drug-likeness (QED) is 0.206. The summed E-state index contributed by atoms with van der Waals surface area (Å²) in [6, 6.07) is 6.13. The molecule has 0 radical (unpaired) electrons. The Morgan fingerprint density at radius 1 is 1.14 bits per heavy atom. The smallest absolute Gasteiger partial charge is 0.410 e. The van der Waals surface area contributed by atoms with Crippen LogP contribution in [-0.4, -0.2) is 24.2 Å². The highest BCUT2D eigenvalue weighted by Crippen LogP contribution is 2.68. The second-order valence-electron chi connectivity index (χ2n) is 5.53. The molecule has 0 fully saturated rings. The van der Waals surface area contributed by atoms with Crippen molar-refractivity contribution in [2.24, 2.45) is 0 Å². The number of ether oxygens (including phenoxy) is 1. The Balaban J connectivity index is 3.22. The highest BCUT2D eigenvalue weighted by Gasteiger charge is 2.55. The van der Waals surface area contributed by atoms with Crippen molar-refractivity contribution >= 4 is 42.0 Å². The highest BCUT2D eigenvalue weighted by atomic mass is 35.5. The van der Waals surface area contributed by atoms with Gasteiger partial charge in [0.2, 0.25) is 0 Å². The van der Waals surface area contributed by atoms with Gasteiger partial charge in [0.1, 0.15) is 5.75 Å². The zero-order valence-electron chi connectivity index (χ0n) is 16.2. The van der Waals surface area contributed by atoms with Gasteiger partial charge in [-0.2, -0.15) is 8.78 Å². The Kier molecular flexibility index (Phi) is 10.1. The second kappa shape index (κ2) is 11.3. The van der Waals surface area contributed by atoms with Crippen LogP contribution in [0, 0.1) is 0 Å². The summed E-state index contributed by atoms with van der Waals surface area (Å²) in [4.78, 5) is 7.34. The Bertz CT molecular complexity index is 730. The molecular weight excluding hydrogens is 433 g/mol. The lowest BCUT2D eigenvalue weighted by molar-refractivity contribution is -0.131. The van der Waals surface area contributed by atoms with Crippen molar-refractivity contribution < 1.29 is 31.9 Å². The first-order valence-electron chi connectivity index (χ1n) is 8.73. The molecule has 5 nitrogen and oxygen atoms in total. The van der Waals surface area contributed by atoms with Crippen LogP contribution < -0.4 is 4.74 Å². The Hall–Kier alpha value is -0.920. The van der Waals surface area contributed by atoms with Crippen LogP contribution in [-0.2, 0) is 18.4 Å². The Morgan fingerprint density at radius 2 is 1.68 bits per heavy atom. The van der Waals surface area contributed by atoms with Gasteiger partial charge in [0.25, 0.3) is 0 Å². The zero-order valence-corrected chi connectivity index (χ0v) is 18.6. The number of hydrogen-bond acceptors (Lipinski definition) is 6. The van der Waals surface area contributed by atoms with E-state index in [1.165, 1.54) is 32.9 Å². The number of esters is 1. The summed E-state index contributed by atoms with van der Waals surface area (Å²) in [7, 11) is -4.68. The molecule has 1 aromatic rings. The van der Waals surface area contributed by atoms with Gasteiger partial charge in [0, 0.05) is 11.8 Å². The van der Waals surface area contributed by atoms with Crippen LogP contribution in [0.1, 0.15) is 46.1 Å². The molecule has 0 N–H and O–H groups in total. The SMILES string of the molecule is CCC/C(SC(F)(F)P(=O)(OCC)OCC)=C(\Cl)c1ccc(OC(C)=O)cc1. The summed E-state index contributed by atoms with van der Waals surface area (Å²) in [5.74, 6) is -0.160. The van der Waals surface area contributed by atoms with E-state index >= 15 is 0 Å². The summed E-state index contributed by atoms with van der Waals surface area (Å²) in [5.41, 5.74) is 0.465. The Morgan fingerprint density at radius 3 is 2.11 bits per heavy atom. The normalized spacial score (nSPS) is 13.2. The van der Waals surface area contributed by atoms with Crippen molar-refractivity contribution in [3.05, 3.63) is 34.7 Å². The van der Waals surface area contributed by atoms with Gasteiger partial charge in [0.05, 0.1) is 18.2 Å². The molecule has 0 aromatic heterocycles. The standard InChI is InChI=1S/C18H24ClF2O5PS/c1-5-8-16(28-18(20,21)27(23,24-6-2)25-7-3)17(19)14-9-11-15(12-10-14)26-13(4)22/h9-12H,5-8H2,1-4H3/b17-16+. The number of alkyl halides is 2. The van der Waals surface area contributed by atoms with Crippen LogP contribution in [0.25, 0.3) is 5.03 Å². The van der Waals surface area contributed by atoms with Gasteiger partial charge in [-0.15, -0.1) is 0 Å². The van der Waals surface area contributed by atoms with E-state index in [4.69, 9.17) is 25.4 Å². The van der Waals surface area contributed by atoms with Gasteiger partial charge >= 0.3 is 18.6 Å². The average Bonchev–Trinajstić information content (AvgIpc) is 2.61. The minimum atomic E-state index is -4.68. The van der Waals surface area contributed by atoms with Gasteiger partial charge < -0.3 is 13.8 Å². The monoisotopic (exact) mass is 456 g/mol.